The molecule has 0 aliphatic rings. The van der Waals surface area contributed by atoms with E-state index < -0.39 is 0 Å². The van der Waals surface area contributed by atoms with Gasteiger partial charge in [-0.2, -0.15) is 0 Å². The average Bonchev–Trinajstić information content (AvgIpc) is 2.72. The van der Waals surface area contributed by atoms with E-state index in [4.69, 9.17) is 11.6 Å². The highest BCUT2D eigenvalue weighted by Crippen LogP contribution is 2.35. The number of fused-ring (bicyclic) bond motifs is 1. The first-order valence-corrected chi connectivity index (χ1v) is 9.22. The molecule has 0 N–H and O–H groups in total. The van der Waals surface area contributed by atoms with Gasteiger partial charge in [-0.05, 0) is 45.5 Å². The summed E-state index contributed by atoms with van der Waals surface area (Å²) in [6.07, 6.45) is 2.20. The molecule has 134 valence electrons. The Kier molecular flexibility index (Phi) is 6.05. The number of hydrogen-bond acceptors (Lipinski definition) is 1. The Balaban J connectivity index is 2.00. The van der Waals surface area contributed by atoms with Crippen LogP contribution in [0.2, 0.25) is 0 Å². The van der Waals surface area contributed by atoms with Gasteiger partial charge in [0.25, 0.3) is 0 Å². The van der Waals surface area contributed by atoms with Crippen molar-refractivity contribution in [1.29, 1.82) is 0 Å². The van der Waals surface area contributed by atoms with Crippen LogP contribution in [0.3, 0.4) is 0 Å². The van der Waals surface area contributed by atoms with E-state index in [1.165, 1.54) is 5.39 Å². The van der Waals surface area contributed by atoms with Crippen LogP contribution in [-0.4, -0.2) is 5.17 Å². The van der Waals surface area contributed by atoms with Crippen molar-refractivity contribution < 1.29 is 0 Å². The second kappa shape index (κ2) is 8.66. The number of benzene rings is 3. The van der Waals surface area contributed by atoms with E-state index in [0.717, 1.165) is 27.7 Å². The molecule has 1 unspecified atom stereocenters. The van der Waals surface area contributed by atoms with E-state index in [9.17, 15) is 0 Å². The monoisotopic (exact) mass is 371 g/mol. The topological polar surface area (TPSA) is 12.4 Å². The van der Waals surface area contributed by atoms with Crippen LogP contribution in [-0.2, 0) is 0 Å². The van der Waals surface area contributed by atoms with E-state index in [1.54, 1.807) is 6.08 Å². The van der Waals surface area contributed by atoms with Gasteiger partial charge in [0.2, 0.25) is 0 Å². The molecule has 0 spiro atoms. The zero-order valence-corrected chi connectivity index (χ0v) is 16.0. The molecule has 1 atom stereocenters. The predicted molar refractivity (Wildman–Crippen MR) is 119 cm³/mol. The summed E-state index contributed by atoms with van der Waals surface area (Å²) in [6.45, 7) is 12.3. The molecule has 0 aromatic heterocycles. The van der Waals surface area contributed by atoms with E-state index in [-0.39, 0.29) is 6.04 Å². The average molecular weight is 372 g/mol. The Morgan fingerprint density at radius 1 is 0.926 bits per heavy atom. The van der Waals surface area contributed by atoms with E-state index >= 15 is 0 Å². The predicted octanol–water partition coefficient (Wildman–Crippen LogP) is 7.36. The van der Waals surface area contributed by atoms with Gasteiger partial charge in [0, 0.05) is 0 Å². The van der Waals surface area contributed by atoms with Crippen molar-refractivity contribution in [2.45, 2.75) is 12.5 Å². The molecular formula is C25H22ClN. The first-order valence-electron chi connectivity index (χ1n) is 8.84. The van der Waals surface area contributed by atoms with Gasteiger partial charge in [-0.1, -0.05) is 104 Å². The van der Waals surface area contributed by atoms with Gasteiger partial charge >= 0.3 is 0 Å². The highest BCUT2D eigenvalue weighted by atomic mass is 35.5. The van der Waals surface area contributed by atoms with Crippen molar-refractivity contribution >= 4 is 33.1 Å². The molecule has 1 nitrogen and oxygen atoms in total. The van der Waals surface area contributed by atoms with Gasteiger partial charge in [0.05, 0.1) is 6.04 Å². The lowest BCUT2D eigenvalue weighted by atomic mass is 9.90. The van der Waals surface area contributed by atoms with Crippen LogP contribution in [0.4, 0.5) is 0 Å². The van der Waals surface area contributed by atoms with E-state index in [2.05, 4.69) is 61.1 Å². The molecule has 3 rings (SSSR count). The third-order valence-corrected chi connectivity index (χ3v) is 4.80. The fraction of sp³-hybridized carbons (Fsp3) is 0.0800. The van der Waals surface area contributed by atoms with Crippen LogP contribution in [0.25, 0.3) is 16.3 Å². The Labute approximate surface area is 166 Å². The second-order valence-corrected chi connectivity index (χ2v) is 6.82. The number of allylic oxidation sites excluding steroid dienone is 2. The Bertz CT molecular complexity index is 1010. The number of hydrogen-bond donors (Lipinski definition) is 0. The Morgan fingerprint density at radius 3 is 2.33 bits per heavy atom. The van der Waals surface area contributed by atoms with Gasteiger partial charge in [-0.25, -0.2) is 0 Å². The number of rotatable bonds is 7. The van der Waals surface area contributed by atoms with Crippen molar-refractivity contribution in [3.8, 4) is 0 Å². The van der Waals surface area contributed by atoms with Gasteiger partial charge in [0.15, 0.2) is 0 Å². The van der Waals surface area contributed by atoms with Crippen LogP contribution in [0.5, 0.6) is 0 Å². The maximum atomic E-state index is 6.23. The summed E-state index contributed by atoms with van der Waals surface area (Å²) in [5.41, 5.74) is 4.14. The van der Waals surface area contributed by atoms with Crippen molar-refractivity contribution in [2.24, 2.45) is 4.99 Å². The summed E-state index contributed by atoms with van der Waals surface area (Å²) in [6, 6.07) is 24.4. The van der Waals surface area contributed by atoms with Crippen molar-refractivity contribution in [3.05, 3.63) is 115 Å². The molecule has 0 amide bonds. The van der Waals surface area contributed by atoms with Gasteiger partial charge < -0.3 is 0 Å². The molecule has 0 aliphatic heterocycles. The van der Waals surface area contributed by atoms with E-state index in [1.807, 2.05) is 36.4 Å². The molecule has 0 saturated carbocycles. The molecule has 0 aliphatic carbocycles. The molecule has 3 aromatic carbocycles. The lowest BCUT2D eigenvalue weighted by molar-refractivity contribution is 0.842. The molecule has 0 saturated heterocycles. The first kappa shape index (κ1) is 18.9. The highest BCUT2D eigenvalue weighted by Gasteiger charge is 2.18. The quantitative estimate of drug-likeness (QED) is 0.304. The fourth-order valence-corrected chi connectivity index (χ4v) is 3.29. The minimum atomic E-state index is -0.262. The molecule has 0 bridgehead atoms. The molecule has 0 radical (unpaired) electrons. The lowest BCUT2D eigenvalue weighted by Crippen LogP contribution is -2.03. The Morgan fingerprint density at radius 2 is 1.59 bits per heavy atom. The normalized spacial score (nSPS) is 12.6. The number of nitrogens with zero attached hydrogens (tertiary/aromatic N) is 1. The summed E-state index contributed by atoms with van der Waals surface area (Å²) in [4.78, 5) is 4.69. The van der Waals surface area contributed by atoms with Crippen LogP contribution in [0.1, 0.15) is 23.6 Å². The highest BCUT2D eigenvalue weighted by molar-refractivity contribution is 6.68. The van der Waals surface area contributed by atoms with E-state index in [0.29, 0.717) is 11.6 Å². The zero-order chi connectivity index (χ0) is 19.2. The summed E-state index contributed by atoms with van der Waals surface area (Å²) >= 11 is 6.23. The summed E-state index contributed by atoms with van der Waals surface area (Å²) in [5.74, 6) is 0. The first-order chi connectivity index (χ1) is 13.1. The summed E-state index contributed by atoms with van der Waals surface area (Å²) in [5, 5.41) is 2.69. The van der Waals surface area contributed by atoms with Crippen LogP contribution in [0, 0.1) is 0 Å². The molecule has 27 heavy (non-hydrogen) atoms. The zero-order valence-electron chi connectivity index (χ0n) is 15.2. The fourth-order valence-electron chi connectivity index (χ4n) is 3.19. The van der Waals surface area contributed by atoms with Gasteiger partial charge in [-0.15, -0.1) is 0 Å². The van der Waals surface area contributed by atoms with Crippen LogP contribution >= 0.6 is 11.6 Å². The maximum absolute atomic E-state index is 6.23. The standard InChI is InChI=1S/C25H22ClN/c1-4-24(26)27-25(19(3)17-18(2)20-11-6-5-7-12-20)23-16-10-14-21-13-8-9-15-22(21)23/h4-16,25H,1-3,17H2/b27-24+. The summed E-state index contributed by atoms with van der Waals surface area (Å²) in [7, 11) is 0. The number of aliphatic imine (C=N–C) groups is 1. The largest absolute Gasteiger partial charge is 0.261 e. The molecule has 2 heteroatoms. The molecule has 0 heterocycles. The van der Waals surface area contributed by atoms with Crippen LogP contribution in [0.15, 0.2) is 109 Å². The van der Waals surface area contributed by atoms with Gasteiger partial charge in [-0.3, -0.25) is 4.99 Å². The second-order valence-electron chi connectivity index (χ2n) is 6.43. The van der Waals surface area contributed by atoms with Gasteiger partial charge in [0.1, 0.15) is 5.17 Å². The van der Waals surface area contributed by atoms with Crippen molar-refractivity contribution in [3.63, 3.8) is 0 Å². The third-order valence-electron chi connectivity index (χ3n) is 4.55. The Hall–Kier alpha value is -2.90. The molecule has 3 aromatic rings. The maximum Gasteiger partial charge on any atom is 0.124 e. The third kappa shape index (κ3) is 4.45. The minimum absolute atomic E-state index is 0.262. The molecular weight excluding hydrogens is 350 g/mol. The van der Waals surface area contributed by atoms with Crippen molar-refractivity contribution in [1.82, 2.24) is 0 Å². The van der Waals surface area contributed by atoms with Crippen molar-refractivity contribution in [2.75, 3.05) is 0 Å². The smallest absolute Gasteiger partial charge is 0.124 e. The number of halogens is 1. The molecule has 0 fully saturated rings. The SMILES string of the molecule is C=C/C(Cl)=N\C(C(=C)CC(=C)c1ccccc1)c1cccc2ccccc12. The lowest BCUT2D eigenvalue weighted by Gasteiger charge is -2.19. The minimum Gasteiger partial charge on any atom is -0.261 e. The summed E-state index contributed by atoms with van der Waals surface area (Å²) < 4.78 is 0. The van der Waals surface area contributed by atoms with Crippen LogP contribution < -0.4 is 0 Å².